The van der Waals surface area contributed by atoms with Crippen molar-refractivity contribution in [1.29, 1.82) is 0 Å². The molecule has 0 atom stereocenters. The molecule has 0 saturated heterocycles. The van der Waals surface area contributed by atoms with E-state index in [2.05, 4.69) is 14.9 Å². The van der Waals surface area contributed by atoms with Gasteiger partial charge in [-0.2, -0.15) is 0 Å². The second kappa shape index (κ2) is 15.4. The first-order valence-electron chi connectivity index (χ1n) is 13.8. The van der Waals surface area contributed by atoms with Crippen molar-refractivity contribution in [3.63, 3.8) is 0 Å². The number of halogens is 1. The number of oxazole rings is 1. The second-order valence-corrected chi connectivity index (χ2v) is 9.63. The SMILES string of the molecule is COC(=O)CCCCCC/C(=N/OCc1ccc(OCc2nc(-c3ccccc3)oc2C)cc1)c1ccc(F)cc1. The highest BCUT2D eigenvalue weighted by Gasteiger charge is 2.12. The molecule has 0 aliphatic carbocycles. The predicted octanol–water partition coefficient (Wildman–Crippen LogP) is 7.80. The maximum atomic E-state index is 13.5. The van der Waals surface area contributed by atoms with E-state index in [1.165, 1.54) is 19.2 Å². The van der Waals surface area contributed by atoms with E-state index >= 15 is 0 Å². The number of hydrogen-bond donors (Lipinski definition) is 0. The van der Waals surface area contributed by atoms with Gasteiger partial charge in [0.1, 0.15) is 36.2 Å². The minimum absolute atomic E-state index is 0.186. The largest absolute Gasteiger partial charge is 0.487 e. The maximum absolute atomic E-state index is 13.5. The lowest BCUT2D eigenvalue weighted by Gasteiger charge is -2.09. The molecule has 0 radical (unpaired) electrons. The molecule has 214 valence electrons. The van der Waals surface area contributed by atoms with Gasteiger partial charge in [-0.25, -0.2) is 9.37 Å². The number of hydrogen-bond acceptors (Lipinski definition) is 7. The molecule has 0 saturated carbocycles. The third kappa shape index (κ3) is 9.31. The minimum Gasteiger partial charge on any atom is -0.487 e. The fourth-order valence-electron chi connectivity index (χ4n) is 4.19. The summed E-state index contributed by atoms with van der Waals surface area (Å²) in [6, 6.07) is 23.6. The Hall–Kier alpha value is -4.46. The smallest absolute Gasteiger partial charge is 0.305 e. The van der Waals surface area contributed by atoms with E-state index in [1.807, 2.05) is 61.5 Å². The van der Waals surface area contributed by atoms with E-state index in [1.54, 1.807) is 12.1 Å². The monoisotopic (exact) mass is 558 g/mol. The zero-order valence-electron chi connectivity index (χ0n) is 23.5. The summed E-state index contributed by atoms with van der Waals surface area (Å²) in [5, 5.41) is 4.38. The Morgan fingerprint density at radius 1 is 0.878 bits per heavy atom. The molecular weight excluding hydrogens is 523 g/mol. The Balaban J connectivity index is 1.28. The quantitative estimate of drug-likeness (QED) is 0.0641. The van der Waals surface area contributed by atoms with Crippen LogP contribution in [-0.4, -0.2) is 23.8 Å². The van der Waals surface area contributed by atoms with Gasteiger partial charge in [0, 0.05) is 12.0 Å². The summed E-state index contributed by atoms with van der Waals surface area (Å²) in [6.07, 6.45) is 4.65. The second-order valence-electron chi connectivity index (χ2n) is 9.63. The van der Waals surface area contributed by atoms with Gasteiger partial charge in [-0.05, 0) is 73.7 Å². The summed E-state index contributed by atoms with van der Waals surface area (Å²) in [7, 11) is 1.40. The molecule has 4 aromatic rings. The number of nitrogens with zero attached hydrogens (tertiary/aromatic N) is 2. The summed E-state index contributed by atoms with van der Waals surface area (Å²) in [6.45, 7) is 2.46. The highest BCUT2D eigenvalue weighted by atomic mass is 19.1. The molecule has 0 fully saturated rings. The van der Waals surface area contributed by atoms with Gasteiger partial charge in [-0.15, -0.1) is 0 Å². The van der Waals surface area contributed by atoms with Crippen LogP contribution in [0.25, 0.3) is 11.5 Å². The lowest BCUT2D eigenvalue weighted by Crippen LogP contribution is -2.03. The number of oxime groups is 1. The number of ether oxygens (including phenoxy) is 2. The van der Waals surface area contributed by atoms with E-state index < -0.39 is 0 Å². The Morgan fingerprint density at radius 3 is 2.29 bits per heavy atom. The number of benzene rings is 3. The van der Waals surface area contributed by atoms with Crippen LogP contribution in [-0.2, 0) is 27.6 Å². The van der Waals surface area contributed by atoms with Gasteiger partial charge in [0.2, 0.25) is 5.89 Å². The number of rotatable bonds is 15. The summed E-state index contributed by atoms with van der Waals surface area (Å²) >= 11 is 0. The van der Waals surface area contributed by atoms with E-state index in [4.69, 9.17) is 14.0 Å². The van der Waals surface area contributed by atoms with Crippen molar-refractivity contribution >= 4 is 11.7 Å². The molecule has 0 N–H and O–H groups in total. The number of carbonyl (C=O) groups excluding carboxylic acids is 1. The predicted molar refractivity (Wildman–Crippen MR) is 155 cm³/mol. The molecule has 0 aliphatic rings. The molecule has 0 spiro atoms. The topological polar surface area (TPSA) is 83.2 Å². The van der Waals surface area contributed by atoms with Crippen LogP contribution in [0.4, 0.5) is 4.39 Å². The van der Waals surface area contributed by atoms with Gasteiger partial charge >= 0.3 is 5.97 Å². The molecule has 8 heteroatoms. The van der Waals surface area contributed by atoms with Crippen LogP contribution >= 0.6 is 0 Å². The van der Waals surface area contributed by atoms with E-state index in [0.29, 0.717) is 31.1 Å². The standard InChI is InChI=1S/C33H35FN2O5/c1-24-31(35-33(41-24)27-10-6-5-7-11-27)23-39-29-20-14-25(15-21-29)22-40-36-30(26-16-18-28(34)19-17-26)12-8-3-4-9-13-32(37)38-2/h5-7,10-11,14-21H,3-4,8-9,12-13,22-23H2,1-2H3/b36-30-. The average molecular weight is 559 g/mol. The van der Waals surface area contributed by atoms with Crippen LogP contribution in [0.15, 0.2) is 88.4 Å². The highest BCUT2D eigenvalue weighted by molar-refractivity contribution is 6.00. The number of unbranched alkanes of at least 4 members (excludes halogenated alkanes) is 3. The zero-order chi connectivity index (χ0) is 28.9. The average Bonchev–Trinajstić information content (AvgIpc) is 3.38. The molecule has 3 aromatic carbocycles. The lowest BCUT2D eigenvalue weighted by molar-refractivity contribution is -0.140. The van der Waals surface area contributed by atoms with Gasteiger partial charge in [-0.3, -0.25) is 4.79 Å². The molecule has 1 heterocycles. The van der Waals surface area contributed by atoms with Gasteiger partial charge in [-0.1, -0.05) is 60.5 Å². The normalized spacial score (nSPS) is 11.3. The van der Waals surface area contributed by atoms with Crippen molar-refractivity contribution in [2.45, 2.75) is 58.7 Å². The fraction of sp³-hybridized carbons (Fsp3) is 0.303. The summed E-state index contributed by atoms with van der Waals surface area (Å²) in [4.78, 5) is 21.5. The van der Waals surface area contributed by atoms with E-state index in [-0.39, 0.29) is 18.4 Å². The van der Waals surface area contributed by atoms with Crippen LogP contribution in [0.1, 0.15) is 61.1 Å². The number of esters is 1. The Bertz CT molecular complexity index is 1400. The molecule has 0 amide bonds. The maximum Gasteiger partial charge on any atom is 0.305 e. The van der Waals surface area contributed by atoms with Crippen LogP contribution < -0.4 is 4.74 Å². The first-order chi connectivity index (χ1) is 20.0. The van der Waals surface area contributed by atoms with Crippen LogP contribution in [0.3, 0.4) is 0 Å². The van der Waals surface area contributed by atoms with E-state index in [0.717, 1.165) is 59.5 Å². The molecule has 1 aromatic heterocycles. The number of aromatic nitrogens is 1. The van der Waals surface area contributed by atoms with Crippen molar-refractivity contribution in [1.82, 2.24) is 4.98 Å². The molecule has 4 rings (SSSR count). The van der Waals surface area contributed by atoms with Crippen molar-refractivity contribution in [2.24, 2.45) is 5.16 Å². The van der Waals surface area contributed by atoms with Gasteiger partial charge in [0.15, 0.2) is 0 Å². The summed E-state index contributed by atoms with van der Waals surface area (Å²) < 4.78 is 29.9. The third-order valence-electron chi connectivity index (χ3n) is 6.57. The minimum atomic E-state index is -0.297. The lowest BCUT2D eigenvalue weighted by atomic mass is 10.0. The number of methoxy groups -OCH3 is 1. The van der Waals surface area contributed by atoms with E-state index in [9.17, 15) is 9.18 Å². The fourth-order valence-corrected chi connectivity index (χ4v) is 4.19. The summed E-state index contributed by atoms with van der Waals surface area (Å²) in [5.41, 5.74) is 4.19. The van der Waals surface area contributed by atoms with Gasteiger partial charge < -0.3 is 18.7 Å². The molecular formula is C33H35FN2O5. The first-order valence-corrected chi connectivity index (χ1v) is 13.8. The van der Waals surface area contributed by atoms with Crippen LogP contribution in [0, 0.1) is 12.7 Å². The van der Waals surface area contributed by atoms with Crippen molar-refractivity contribution < 1.29 is 27.9 Å². The molecule has 0 unspecified atom stereocenters. The van der Waals surface area contributed by atoms with Crippen molar-refractivity contribution in [3.8, 4) is 17.2 Å². The van der Waals surface area contributed by atoms with Gasteiger partial charge in [0.05, 0.1) is 12.8 Å². The van der Waals surface area contributed by atoms with Gasteiger partial charge in [0.25, 0.3) is 0 Å². The third-order valence-corrected chi connectivity index (χ3v) is 6.57. The Kier molecular flexibility index (Phi) is 11.1. The molecule has 0 aliphatic heterocycles. The molecule has 7 nitrogen and oxygen atoms in total. The molecule has 41 heavy (non-hydrogen) atoms. The molecule has 0 bridgehead atoms. The zero-order valence-corrected chi connectivity index (χ0v) is 23.5. The van der Waals surface area contributed by atoms with Crippen molar-refractivity contribution in [3.05, 3.63) is 107 Å². The van der Waals surface area contributed by atoms with Crippen LogP contribution in [0.2, 0.25) is 0 Å². The summed E-state index contributed by atoms with van der Waals surface area (Å²) in [5.74, 6) is 1.53. The number of carbonyl (C=O) groups is 1. The van der Waals surface area contributed by atoms with Crippen molar-refractivity contribution in [2.75, 3.05) is 7.11 Å². The highest BCUT2D eigenvalue weighted by Crippen LogP contribution is 2.23. The first kappa shape index (κ1) is 29.5. The van der Waals surface area contributed by atoms with Crippen LogP contribution in [0.5, 0.6) is 5.75 Å². The Morgan fingerprint density at radius 2 is 1.59 bits per heavy atom. The Labute approximate surface area is 240 Å². The number of aryl methyl sites for hydroxylation is 1.